The Morgan fingerprint density at radius 2 is 1.66 bits per heavy atom. The Bertz CT molecular complexity index is 1610. The van der Waals surface area contributed by atoms with Crippen LogP contribution in [0.3, 0.4) is 0 Å². The van der Waals surface area contributed by atoms with Crippen LogP contribution in [0, 0.1) is 11.3 Å². The van der Waals surface area contributed by atoms with Crippen molar-refractivity contribution in [2.24, 2.45) is 11.3 Å². The van der Waals surface area contributed by atoms with E-state index in [-0.39, 0.29) is 39.7 Å². The van der Waals surface area contributed by atoms with Crippen molar-refractivity contribution in [2.45, 2.75) is 50.6 Å². The number of rotatable bonds is 8. The average molecular weight is 658 g/mol. The Labute approximate surface area is 270 Å². The first-order valence-electron chi connectivity index (χ1n) is 16.2. The van der Waals surface area contributed by atoms with Gasteiger partial charge in [-0.15, -0.1) is 0 Å². The lowest BCUT2D eigenvalue weighted by Gasteiger charge is -2.49. The average Bonchev–Trinajstić information content (AvgIpc) is 3.86. The van der Waals surface area contributed by atoms with Crippen molar-refractivity contribution in [1.82, 2.24) is 14.9 Å². The van der Waals surface area contributed by atoms with E-state index in [2.05, 4.69) is 14.9 Å². The number of nitrogens with zero attached hydrogens (tertiary/aromatic N) is 5. The predicted octanol–water partition coefficient (Wildman–Crippen LogP) is 8.30. The van der Waals surface area contributed by atoms with Gasteiger partial charge in [0, 0.05) is 25.2 Å². The number of aromatic nitrogens is 2. The Balaban J connectivity index is 1.26. The molecule has 4 heterocycles. The summed E-state index contributed by atoms with van der Waals surface area (Å²) in [6.45, 7) is 2.62. The molecule has 4 fully saturated rings. The topological polar surface area (TPSA) is 44.7 Å². The molecule has 0 bridgehead atoms. The minimum atomic E-state index is -4.82. The van der Waals surface area contributed by atoms with Crippen LogP contribution >= 0.6 is 0 Å². The first-order valence-corrected chi connectivity index (χ1v) is 16.2. The fraction of sp³-hybridized carbons (Fsp3) is 0.486. The number of alkyl halides is 5. The second-order valence-corrected chi connectivity index (χ2v) is 13.5. The molecule has 3 saturated heterocycles. The van der Waals surface area contributed by atoms with Gasteiger partial charge in [0.05, 0.1) is 31.2 Å². The summed E-state index contributed by atoms with van der Waals surface area (Å²) < 4.78 is 94.1. The molecule has 0 atom stereocenters. The minimum absolute atomic E-state index is 0.0288. The summed E-state index contributed by atoms with van der Waals surface area (Å²) in [5, 5.41) is 0. The third-order valence-corrected chi connectivity index (χ3v) is 9.85. The van der Waals surface area contributed by atoms with Crippen LogP contribution in [-0.2, 0) is 6.18 Å². The summed E-state index contributed by atoms with van der Waals surface area (Å²) in [7, 11) is 0. The van der Waals surface area contributed by atoms with Crippen LogP contribution < -0.4 is 14.5 Å². The zero-order valence-electron chi connectivity index (χ0n) is 26.0. The number of anilines is 2. The van der Waals surface area contributed by atoms with Crippen molar-refractivity contribution < 1.29 is 31.1 Å². The van der Waals surface area contributed by atoms with Crippen LogP contribution in [0.4, 0.5) is 37.8 Å². The number of halogens is 6. The highest BCUT2D eigenvalue weighted by molar-refractivity contribution is 5.84. The number of ether oxygens (including phenoxy) is 1. The summed E-state index contributed by atoms with van der Waals surface area (Å²) in [5.74, 6) is -3.05. The van der Waals surface area contributed by atoms with E-state index in [1.165, 1.54) is 36.1 Å². The molecule has 47 heavy (non-hydrogen) atoms. The number of piperidine rings is 2. The second-order valence-electron chi connectivity index (χ2n) is 13.5. The van der Waals surface area contributed by atoms with Gasteiger partial charge in [-0.3, -0.25) is 4.98 Å². The Morgan fingerprint density at radius 3 is 2.34 bits per heavy atom. The Kier molecular flexibility index (Phi) is 8.34. The summed E-state index contributed by atoms with van der Waals surface area (Å²) >= 11 is 0. The van der Waals surface area contributed by atoms with Crippen molar-refractivity contribution in [1.29, 1.82) is 0 Å². The maximum Gasteiger partial charge on any atom is 0.422 e. The van der Waals surface area contributed by atoms with Crippen molar-refractivity contribution in [3.05, 3.63) is 71.7 Å². The smallest absolute Gasteiger partial charge is 0.422 e. The molecule has 1 aromatic heterocycles. The molecule has 1 saturated carbocycles. The van der Waals surface area contributed by atoms with Crippen molar-refractivity contribution >= 4 is 23.4 Å². The number of hydrogen-bond donors (Lipinski definition) is 0. The number of likely N-dealkylation sites (tertiary alicyclic amines) is 1. The van der Waals surface area contributed by atoms with E-state index in [0.717, 1.165) is 57.1 Å². The Morgan fingerprint density at radius 1 is 0.915 bits per heavy atom. The summed E-state index contributed by atoms with van der Waals surface area (Å²) in [4.78, 5) is 13.7. The molecule has 0 radical (unpaired) electrons. The molecule has 4 aliphatic rings. The lowest BCUT2D eigenvalue weighted by atomic mass is 9.72. The third-order valence-electron chi connectivity index (χ3n) is 9.85. The maximum absolute atomic E-state index is 15.9. The molecule has 0 amide bonds. The van der Waals surface area contributed by atoms with Gasteiger partial charge in [0.1, 0.15) is 28.6 Å². The van der Waals surface area contributed by atoms with E-state index in [0.29, 0.717) is 19.5 Å². The third kappa shape index (κ3) is 7.07. The highest BCUT2D eigenvalue weighted by Crippen LogP contribution is 2.50. The van der Waals surface area contributed by atoms with E-state index in [4.69, 9.17) is 4.74 Å². The molecule has 250 valence electrons. The van der Waals surface area contributed by atoms with Crippen LogP contribution in [0.15, 0.2) is 54.9 Å². The standard InChI is InChI=1S/C35H37F6N5O/c36-27(28-18-42-19-30(43-28)46-22-34(37,38)23-46)17-25-9-10-29(47-26-5-2-1-3-6-26)31(35(39,40)41)32(25)45-14-4-11-33(21-45)12-15-44(16-13-33)20-24-7-8-24/h1-3,5-6,9-10,17-19,24H,4,7-8,11-16,20-23H2/b27-17-. The molecule has 0 N–H and O–H groups in total. The van der Waals surface area contributed by atoms with Crippen molar-refractivity contribution in [3.8, 4) is 11.5 Å². The number of benzene rings is 2. The lowest BCUT2D eigenvalue weighted by Crippen LogP contribution is -2.56. The Hall–Kier alpha value is -3.80. The van der Waals surface area contributed by atoms with Gasteiger partial charge >= 0.3 is 6.18 Å². The fourth-order valence-corrected chi connectivity index (χ4v) is 7.21. The van der Waals surface area contributed by atoms with E-state index in [1.807, 2.05) is 0 Å². The minimum Gasteiger partial charge on any atom is -0.457 e. The monoisotopic (exact) mass is 657 g/mol. The van der Waals surface area contributed by atoms with Gasteiger partial charge in [0.2, 0.25) is 0 Å². The summed E-state index contributed by atoms with van der Waals surface area (Å²) in [6.07, 6.45) is 4.60. The van der Waals surface area contributed by atoms with Gasteiger partial charge in [-0.2, -0.15) is 13.2 Å². The maximum atomic E-state index is 15.9. The quantitative estimate of drug-likeness (QED) is 0.227. The second kappa shape index (κ2) is 12.3. The molecule has 3 aliphatic heterocycles. The first-order chi connectivity index (χ1) is 22.5. The number of hydrogen-bond acceptors (Lipinski definition) is 6. The van der Waals surface area contributed by atoms with E-state index in [9.17, 15) is 8.78 Å². The SMILES string of the molecule is F/C(=C\c1ccc(Oc2ccccc2)c(C(F)(F)F)c1N1CCCC2(CCN(CC3CC3)CC2)C1)c1cncc(N2CC(F)(F)C2)n1. The molecule has 12 heteroatoms. The molecule has 3 aromatic rings. The fourth-order valence-electron chi connectivity index (χ4n) is 7.21. The predicted molar refractivity (Wildman–Crippen MR) is 168 cm³/mol. The van der Waals surface area contributed by atoms with E-state index in [1.54, 1.807) is 35.2 Å². The van der Waals surface area contributed by atoms with Crippen molar-refractivity contribution in [2.75, 3.05) is 55.6 Å². The normalized spacial score (nSPS) is 21.5. The molecule has 1 aliphatic carbocycles. The first kappa shape index (κ1) is 31.8. The highest BCUT2D eigenvalue weighted by atomic mass is 19.4. The number of para-hydroxylation sites is 1. The van der Waals surface area contributed by atoms with Crippen LogP contribution in [-0.4, -0.2) is 66.6 Å². The van der Waals surface area contributed by atoms with Crippen LogP contribution in [0.1, 0.15) is 55.3 Å². The molecule has 6 nitrogen and oxygen atoms in total. The molecular formula is C35H37F6N5O. The highest BCUT2D eigenvalue weighted by Gasteiger charge is 2.46. The van der Waals surface area contributed by atoms with E-state index >= 15 is 17.6 Å². The van der Waals surface area contributed by atoms with Gasteiger partial charge in [0.25, 0.3) is 5.92 Å². The van der Waals surface area contributed by atoms with Crippen molar-refractivity contribution in [3.63, 3.8) is 0 Å². The molecule has 7 rings (SSSR count). The zero-order chi connectivity index (χ0) is 32.8. The summed E-state index contributed by atoms with van der Waals surface area (Å²) in [6, 6.07) is 10.9. The van der Waals surface area contributed by atoms with Gasteiger partial charge in [-0.1, -0.05) is 18.2 Å². The van der Waals surface area contributed by atoms with Gasteiger partial charge < -0.3 is 19.4 Å². The largest absolute Gasteiger partial charge is 0.457 e. The van der Waals surface area contributed by atoms with Gasteiger partial charge in [-0.05, 0) is 93.3 Å². The van der Waals surface area contributed by atoms with E-state index < -0.39 is 36.6 Å². The van der Waals surface area contributed by atoms with Gasteiger partial charge in [-0.25, -0.2) is 18.2 Å². The van der Waals surface area contributed by atoms with Crippen LogP contribution in [0.2, 0.25) is 0 Å². The molecule has 0 unspecified atom stereocenters. The van der Waals surface area contributed by atoms with Crippen LogP contribution in [0.25, 0.3) is 11.9 Å². The zero-order valence-corrected chi connectivity index (χ0v) is 26.0. The van der Waals surface area contributed by atoms with Crippen LogP contribution in [0.5, 0.6) is 11.5 Å². The lowest BCUT2D eigenvalue weighted by molar-refractivity contribution is -0.138. The van der Waals surface area contributed by atoms with Gasteiger partial charge in [0.15, 0.2) is 5.83 Å². The molecule has 1 spiro atoms. The molecular weight excluding hydrogens is 620 g/mol. The summed E-state index contributed by atoms with van der Waals surface area (Å²) in [5.41, 5.74) is -1.46. The molecule has 2 aromatic carbocycles.